The maximum absolute atomic E-state index is 12.4. The lowest BCUT2D eigenvalue weighted by Crippen LogP contribution is -2.26. The molecule has 0 saturated carbocycles. The van der Waals surface area contributed by atoms with Gasteiger partial charge in [0.05, 0.1) is 33.8 Å². The molecule has 1 N–H and O–H groups in total. The van der Waals surface area contributed by atoms with Gasteiger partial charge >= 0.3 is 11.8 Å². The van der Waals surface area contributed by atoms with Gasteiger partial charge in [-0.05, 0) is 30.2 Å². The molecule has 29 heavy (non-hydrogen) atoms. The van der Waals surface area contributed by atoms with Crippen molar-refractivity contribution in [3.8, 4) is 17.2 Å². The molecule has 2 aromatic carbocycles. The van der Waals surface area contributed by atoms with E-state index in [2.05, 4.69) is 15.5 Å². The minimum Gasteiger partial charge on any atom is -0.493 e. The maximum atomic E-state index is 12.4. The van der Waals surface area contributed by atoms with Crippen LogP contribution in [0.4, 0.5) is 0 Å². The summed E-state index contributed by atoms with van der Waals surface area (Å²) in [6.07, 6.45) is 0.311. The van der Waals surface area contributed by atoms with Crippen LogP contribution in [0.2, 0.25) is 0 Å². The zero-order chi connectivity index (χ0) is 20.8. The fourth-order valence-corrected chi connectivity index (χ4v) is 2.91. The molecule has 0 bridgehead atoms. The number of ether oxygens (including phenoxy) is 3. The SMILES string of the molecule is COc1cc(Cc2nnc(C(=O)N[C@@H](C)c3ccccc3)o2)cc(OC)c1OC. The zero-order valence-electron chi connectivity index (χ0n) is 16.8. The molecule has 0 spiro atoms. The summed E-state index contributed by atoms with van der Waals surface area (Å²) in [5.74, 6) is 1.34. The molecule has 0 radical (unpaired) electrons. The molecular formula is C21H23N3O5. The Bertz CT molecular complexity index is 946. The first kappa shape index (κ1) is 20.2. The number of nitrogens with zero attached hydrogens (tertiary/aromatic N) is 2. The van der Waals surface area contributed by atoms with Crippen molar-refractivity contribution in [1.82, 2.24) is 15.5 Å². The van der Waals surface area contributed by atoms with Gasteiger partial charge in [0, 0.05) is 0 Å². The van der Waals surface area contributed by atoms with Crippen molar-refractivity contribution in [1.29, 1.82) is 0 Å². The monoisotopic (exact) mass is 397 g/mol. The minimum atomic E-state index is -0.426. The van der Waals surface area contributed by atoms with Gasteiger partial charge in [-0.1, -0.05) is 30.3 Å². The number of carbonyl (C=O) groups excluding carboxylic acids is 1. The fourth-order valence-electron chi connectivity index (χ4n) is 2.91. The molecule has 1 aromatic heterocycles. The van der Waals surface area contributed by atoms with Gasteiger partial charge in [0.1, 0.15) is 0 Å². The van der Waals surface area contributed by atoms with Crippen molar-refractivity contribution in [3.05, 3.63) is 65.4 Å². The van der Waals surface area contributed by atoms with Crippen molar-refractivity contribution < 1.29 is 23.4 Å². The summed E-state index contributed by atoms with van der Waals surface area (Å²) in [5.41, 5.74) is 1.80. The highest BCUT2D eigenvalue weighted by molar-refractivity contribution is 5.89. The number of benzene rings is 2. The van der Waals surface area contributed by atoms with Crippen LogP contribution in [0.25, 0.3) is 0 Å². The molecule has 8 nitrogen and oxygen atoms in total. The Labute approximate surface area is 168 Å². The van der Waals surface area contributed by atoms with Gasteiger partial charge < -0.3 is 23.9 Å². The molecule has 8 heteroatoms. The van der Waals surface area contributed by atoms with Gasteiger partial charge in [0.15, 0.2) is 11.5 Å². The smallest absolute Gasteiger partial charge is 0.309 e. The molecule has 1 atom stereocenters. The van der Waals surface area contributed by atoms with Crippen LogP contribution in [-0.4, -0.2) is 37.4 Å². The lowest BCUT2D eigenvalue weighted by Gasteiger charge is -2.13. The van der Waals surface area contributed by atoms with E-state index >= 15 is 0 Å². The first-order valence-corrected chi connectivity index (χ1v) is 9.02. The van der Waals surface area contributed by atoms with Gasteiger partial charge in [-0.15, -0.1) is 10.2 Å². The van der Waals surface area contributed by atoms with Crippen molar-refractivity contribution in [3.63, 3.8) is 0 Å². The van der Waals surface area contributed by atoms with Crippen molar-refractivity contribution in [2.75, 3.05) is 21.3 Å². The number of amides is 1. The lowest BCUT2D eigenvalue weighted by molar-refractivity contribution is 0.0903. The second-order valence-electron chi connectivity index (χ2n) is 6.32. The molecule has 0 fully saturated rings. The zero-order valence-corrected chi connectivity index (χ0v) is 16.8. The number of hydrogen-bond donors (Lipinski definition) is 1. The van der Waals surface area contributed by atoms with Crippen molar-refractivity contribution in [2.24, 2.45) is 0 Å². The third-order valence-corrected chi connectivity index (χ3v) is 4.39. The summed E-state index contributed by atoms with van der Waals surface area (Å²) in [4.78, 5) is 12.4. The lowest BCUT2D eigenvalue weighted by atomic mass is 10.1. The highest BCUT2D eigenvalue weighted by Gasteiger charge is 2.19. The van der Waals surface area contributed by atoms with E-state index in [0.29, 0.717) is 29.6 Å². The molecule has 3 aromatic rings. The number of hydrogen-bond acceptors (Lipinski definition) is 7. The Kier molecular flexibility index (Phi) is 6.33. The Morgan fingerprint density at radius 2 is 1.69 bits per heavy atom. The Morgan fingerprint density at radius 1 is 1.03 bits per heavy atom. The first-order valence-electron chi connectivity index (χ1n) is 9.02. The minimum absolute atomic E-state index is 0.0878. The number of rotatable bonds is 8. The molecule has 0 aliphatic heterocycles. The summed E-state index contributed by atoms with van der Waals surface area (Å²) in [6.45, 7) is 1.89. The van der Waals surface area contributed by atoms with Gasteiger partial charge in [-0.2, -0.15) is 0 Å². The Balaban J connectivity index is 1.72. The van der Waals surface area contributed by atoms with Crippen LogP contribution in [0.5, 0.6) is 17.2 Å². The van der Waals surface area contributed by atoms with E-state index in [9.17, 15) is 4.79 Å². The second-order valence-corrected chi connectivity index (χ2v) is 6.32. The van der Waals surface area contributed by atoms with Crippen LogP contribution in [0.15, 0.2) is 46.9 Å². The van der Waals surface area contributed by atoms with Gasteiger partial charge in [0.25, 0.3) is 0 Å². The van der Waals surface area contributed by atoms with E-state index in [-0.39, 0.29) is 11.9 Å². The normalized spacial score (nSPS) is 11.6. The van der Waals surface area contributed by atoms with E-state index in [4.69, 9.17) is 18.6 Å². The molecule has 3 rings (SSSR count). The fraction of sp³-hybridized carbons (Fsp3) is 0.286. The van der Waals surface area contributed by atoms with E-state index in [0.717, 1.165) is 11.1 Å². The number of carbonyl (C=O) groups is 1. The highest BCUT2D eigenvalue weighted by Crippen LogP contribution is 2.38. The first-order chi connectivity index (χ1) is 14.0. The quantitative estimate of drug-likeness (QED) is 0.624. The van der Waals surface area contributed by atoms with E-state index in [1.807, 2.05) is 37.3 Å². The summed E-state index contributed by atoms with van der Waals surface area (Å²) >= 11 is 0. The molecular weight excluding hydrogens is 374 g/mol. The van der Waals surface area contributed by atoms with Gasteiger partial charge in [-0.25, -0.2) is 0 Å². The van der Waals surface area contributed by atoms with E-state index in [1.165, 1.54) is 0 Å². The van der Waals surface area contributed by atoms with Crippen molar-refractivity contribution >= 4 is 5.91 Å². The molecule has 0 aliphatic rings. The second kappa shape index (κ2) is 9.09. The molecule has 0 unspecified atom stereocenters. The van der Waals surface area contributed by atoms with E-state index < -0.39 is 5.91 Å². The molecule has 1 amide bonds. The van der Waals surface area contributed by atoms with Crippen LogP contribution in [0.1, 0.15) is 40.7 Å². The summed E-state index contributed by atoms with van der Waals surface area (Å²) in [6, 6.07) is 13.0. The predicted molar refractivity (Wildman–Crippen MR) is 106 cm³/mol. The standard InChI is InChI=1S/C21H23N3O5/c1-13(15-8-6-5-7-9-15)22-20(25)21-24-23-18(29-21)12-14-10-16(26-2)19(28-4)17(11-14)27-3/h5-11,13H,12H2,1-4H3,(H,22,25)/t13-/m0/s1. The molecule has 0 aliphatic carbocycles. The van der Waals surface area contributed by atoms with Gasteiger partial charge in [-0.3, -0.25) is 4.79 Å². The topological polar surface area (TPSA) is 95.7 Å². The van der Waals surface area contributed by atoms with Gasteiger partial charge in [0.2, 0.25) is 11.6 Å². The van der Waals surface area contributed by atoms with Crippen molar-refractivity contribution in [2.45, 2.75) is 19.4 Å². The predicted octanol–water partition coefficient (Wildman–Crippen LogP) is 3.18. The summed E-state index contributed by atoms with van der Waals surface area (Å²) < 4.78 is 21.6. The largest absolute Gasteiger partial charge is 0.493 e. The maximum Gasteiger partial charge on any atom is 0.309 e. The van der Waals surface area contributed by atoms with Crippen LogP contribution >= 0.6 is 0 Å². The molecule has 0 saturated heterocycles. The van der Waals surface area contributed by atoms with Crippen LogP contribution < -0.4 is 19.5 Å². The number of aromatic nitrogens is 2. The average molecular weight is 397 g/mol. The average Bonchev–Trinajstić information content (AvgIpc) is 3.22. The summed E-state index contributed by atoms with van der Waals surface area (Å²) in [5, 5.41) is 10.7. The number of methoxy groups -OCH3 is 3. The molecule has 1 heterocycles. The Hall–Kier alpha value is -3.55. The van der Waals surface area contributed by atoms with E-state index in [1.54, 1.807) is 33.5 Å². The summed E-state index contributed by atoms with van der Waals surface area (Å²) in [7, 11) is 4.63. The number of nitrogens with one attached hydrogen (secondary N) is 1. The third kappa shape index (κ3) is 4.66. The highest BCUT2D eigenvalue weighted by atomic mass is 16.5. The Morgan fingerprint density at radius 3 is 2.28 bits per heavy atom. The molecule has 152 valence electrons. The van der Waals surface area contributed by atoms with Crippen LogP contribution in [0, 0.1) is 0 Å². The third-order valence-electron chi connectivity index (χ3n) is 4.39. The van der Waals surface area contributed by atoms with Crippen LogP contribution in [-0.2, 0) is 6.42 Å². The van der Waals surface area contributed by atoms with Crippen LogP contribution in [0.3, 0.4) is 0 Å².